The van der Waals surface area contributed by atoms with Crippen LogP contribution in [-0.4, -0.2) is 4.69 Å². The van der Waals surface area contributed by atoms with Gasteiger partial charge in [0.15, 0.2) is 4.69 Å². The molecule has 0 aliphatic carbocycles. The molecule has 0 amide bonds. The summed E-state index contributed by atoms with van der Waals surface area (Å²) >= 11 is 3.03. The predicted molar refractivity (Wildman–Crippen MR) is 73.3 cm³/mol. The summed E-state index contributed by atoms with van der Waals surface area (Å²) in [5, 5.41) is 0. The van der Waals surface area contributed by atoms with Crippen LogP contribution in [0.1, 0.15) is 23.5 Å². The van der Waals surface area contributed by atoms with Gasteiger partial charge in [0.1, 0.15) is 0 Å². The predicted octanol–water partition coefficient (Wildman–Crippen LogP) is 4.13. The maximum absolute atomic E-state index is 11.3. The van der Waals surface area contributed by atoms with Gasteiger partial charge in [0.05, 0.1) is 0 Å². The number of halogens is 1. The van der Waals surface area contributed by atoms with Gasteiger partial charge in [0, 0.05) is 12.3 Å². The van der Waals surface area contributed by atoms with E-state index in [4.69, 9.17) is 0 Å². The Morgan fingerprint density at radius 1 is 0.882 bits per heavy atom. The van der Waals surface area contributed by atoms with Gasteiger partial charge in [-0.3, -0.25) is 4.79 Å². The monoisotopic (exact) mass is 288 g/mol. The van der Waals surface area contributed by atoms with Crippen molar-refractivity contribution in [3.05, 3.63) is 71.8 Å². The molecule has 0 fully saturated rings. The van der Waals surface area contributed by atoms with Crippen LogP contribution < -0.4 is 0 Å². The zero-order chi connectivity index (χ0) is 12.1. The molecule has 0 radical (unpaired) electrons. The van der Waals surface area contributed by atoms with Crippen molar-refractivity contribution in [2.45, 2.75) is 12.3 Å². The number of rotatable bonds is 4. The van der Waals surface area contributed by atoms with E-state index in [0.717, 1.165) is 0 Å². The Bertz CT molecular complexity index is 439. The summed E-state index contributed by atoms with van der Waals surface area (Å²) in [7, 11) is 0. The fraction of sp³-hybridized carbons (Fsp3) is 0.133. The smallest absolute Gasteiger partial charge is 0.198 e. The molecule has 0 heterocycles. The van der Waals surface area contributed by atoms with E-state index in [1.165, 1.54) is 11.1 Å². The van der Waals surface area contributed by atoms with Crippen LogP contribution in [0.5, 0.6) is 0 Å². The minimum absolute atomic E-state index is 0.0372. The van der Waals surface area contributed by atoms with Crippen molar-refractivity contribution in [3.8, 4) is 0 Å². The SMILES string of the molecule is O=C(Br)CC(c1ccccc1)c1ccccc1. The molecule has 1 nitrogen and oxygen atoms in total. The minimum Gasteiger partial charge on any atom is -0.287 e. The van der Waals surface area contributed by atoms with Crippen LogP contribution in [-0.2, 0) is 4.79 Å². The Balaban J connectivity index is 2.36. The second-order valence-corrected chi connectivity index (χ2v) is 4.82. The molecule has 0 saturated carbocycles. The third-order valence-electron chi connectivity index (χ3n) is 2.77. The average molecular weight is 289 g/mol. The molecule has 2 heteroatoms. The summed E-state index contributed by atoms with van der Waals surface area (Å²) in [5.41, 5.74) is 2.35. The van der Waals surface area contributed by atoms with E-state index < -0.39 is 0 Å². The molecule has 0 N–H and O–H groups in total. The van der Waals surface area contributed by atoms with Crippen LogP contribution in [0, 0.1) is 0 Å². The van der Waals surface area contributed by atoms with Gasteiger partial charge in [-0.2, -0.15) is 0 Å². The minimum atomic E-state index is 0.0372. The molecular formula is C15H13BrO. The second-order valence-electron chi connectivity index (χ2n) is 3.93. The van der Waals surface area contributed by atoms with Gasteiger partial charge < -0.3 is 0 Å². The Labute approximate surface area is 110 Å². The normalized spacial score (nSPS) is 10.5. The van der Waals surface area contributed by atoms with Crippen LogP contribution in [0.4, 0.5) is 0 Å². The van der Waals surface area contributed by atoms with Gasteiger partial charge in [-0.15, -0.1) is 0 Å². The number of carbonyl (C=O) groups is 1. The summed E-state index contributed by atoms with van der Waals surface area (Å²) < 4.78 is 0.0372. The summed E-state index contributed by atoms with van der Waals surface area (Å²) in [4.78, 5) is 11.3. The van der Waals surface area contributed by atoms with Crippen molar-refractivity contribution in [2.75, 3.05) is 0 Å². The van der Waals surface area contributed by atoms with Gasteiger partial charge in [-0.05, 0) is 27.1 Å². The topological polar surface area (TPSA) is 17.1 Å². The zero-order valence-electron chi connectivity index (χ0n) is 9.34. The van der Waals surface area contributed by atoms with Gasteiger partial charge in [0.25, 0.3) is 0 Å². The third kappa shape index (κ3) is 3.27. The molecule has 0 aromatic heterocycles. The first-order chi connectivity index (χ1) is 8.27. The summed E-state index contributed by atoms with van der Waals surface area (Å²) in [6.07, 6.45) is 0.480. The molecule has 86 valence electrons. The van der Waals surface area contributed by atoms with Crippen molar-refractivity contribution in [3.63, 3.8) is 0 Å². The fourth-order valence-corrected chi connectivity index (χ4v) is 2.28. The highest BCUT2D eigenvalue weighted by Gasteiger charge is 2.16. The number of hydrogen-bond donors (Lipinski definition) is 0. The van der Waals surface area contributed by atoms with E-state index in [2.05, 4.69) is 40.2 Å². The molecule has 0 aliphatic heterocycles. The lowest BCUT2D eigenvalue weighted by atomic mass is 9.89. The van der Waals surface area contributed by atoms with Gasteiger partial charge in [-0.25, -0.2) is 0 Å². The van der Waals surface area contributed by atoms with Gasteiger partial charge in [-0.1, -0.05) is 60.7 Å². The van der Waals surface area contributed by atoms with E-state index in [0.29, 0.717) is 6.42 Å². The quantitative estimate of drug-likeness (QED) is 0.773. The van der Waals surface area contributed by atoms with Gasteiger partial charge >= 0.3 is 0 Å². The molecule has 2 aromatic rings. The molecule has 0 unspecified atom stereocenters. The number of carbonyl (C=O) groups excluding carboxylic acids is 1. The lowest BCUT2D eigenvalue weighted by Gasteiger charge is -2.15. The highest BCUT2D eigenvalue weighted by Crippen LogP contribution is 2.28. The van der Waals surface area contributed by atoms with E-state index in [9.17, 15) is 4.79 Å². The molecule has 0 saturated heterocycles. The van der Waals surface area contributed by atoms with Crippen molar-refractivity contribution < 1.29 is 4.79 Å². The Kier molecular flexibility index (Phi) is 4.10. The third-order valence-corrected chi connectivity index (χ3v) is 3.09. The number of benzene rings is 2. The summed E-state index contributed by atoms with van der Waals surface area (Å²) in [5.74, 6) is 0.129. The maximum atomic E-state index is 11.3. The fourth-order valence-electron chi connectivity index (χ4n) is 1.96. The Morgan fingerprint density at radius 2 is 1.29 bits per heavy atom. The standard InChI is InChI=1S/C15H13BrO/c16-15(17)11-14(12-7-3-1-4-8-12)13-9-5-2-6-10-13/h1-10,14H,11H2. The average Bonchev–Trinajstić information content (AvgIpc) is 2.38. The van der Waals surface area contributed by atoms with Crippen molar-refractivity contribution in [1.29, 1.82) is 0 Å². The van der Waals surface area contributed by atoms with Crippen LogP contribution in [0.2, 0.25) is 0 Å². The zero-order valence-corrected chi connectivity index (χ0v) is 10.9. The van der Waals surface area contributed by atoms with Crippen LogP contribution in [0.3, 0.4) is 0 Å². The van der Waals surface area contributed by atoms with E-state index >= 15 is 0 Å². The molecule has 0 atom stereocenters. The first kappa shape index (κ1) is 12.1. The molecule has 2 aromatic carbocycles. The summed E-state index contributed by atoms with van der Waals surface area (Å²) in [6.45, 7) is 0. The lowest BCUT2D eigenvalue weighted by molar-refractivity contribution is -0.110. The van der Waals surface area contributed by atoms with Crippen molar-refractivity contribution in [2.24, 2.45) is 0 Å². The Hall–Kier alpha value is -1.41. The van der Waals surface area contributed by atoms with Crippen LogP contribution in [0.25, 0.3) is 0 Å². The first-order valence-electron chi connectivity index (χ1n) is 5.55. The largest absolute Gasteiger partial charge is 0.287 e. The molecule has 17 heavy (non-hydrogen) atoms. The molecule has 0 aliphatic rings. The van der Waals surface area contributed by atoms with Crippen LogP contribution >= 0.6 is 15.9 Å². The Morgan fingerprint density at radius 3 is 1.65 bits per heavy atom. The van der Waals surface area contributed by atoms with Crippen molar-refractivity contribution >= 4 is 20.6 Å². The lowest BCUT2D eigenvalue weighted by Crippen LogP contribution is -2.04. The molecule has 2 rings (SSSR count). The van der Waals surface area contributed by atoms with Crippen molar-refractivity contribution in [1.82, 2.24) is 0 Å². The summed E-state index contributed by atoms with van der Waals surface area (Å²) in [6, 6.07) is 20.2. The highest BCUT2D eigenvalue weighted by atomic mass is 79.9. The maximum Gasteiger partial charge on any atom is 0.198 e. The van der Waals surface area contributed by atoms with Gasteiger partial charge in [0.2, 0.25) is 0 Å². The first-order valence-corrected chi connectivity index (χ1v) is 6.35. The second kappa shape index (κ2) is 5.78. The van der Waals surface area contributed by atoms with E-state index in [1.54, 1.807) is 0 Å². The van der Waals surface area contributed by atoms with E-state index in [-0.39, 0.29) is 10.6 Å². The molecular weight excluding hydrogens is 276 g/mol. The number of hydrogen-bond acceptors (Lipinski definition) is 1. The molecule has 0 bridgehead atoms. The van der Waals surface area contributed by atoms with E-state index in [1.807, 2.05) is 36.4 Å². The highest BCUT2D eigenvalue weighted by molar-refractivity contribution is 9.18. The molecule has 0 spiro atoms. The van der Waals surface area contributed by atoms with Crippen LogP contribution in [0.15, 0.2) is 60.7 Å².